The van der Waals surface area contributed by atoms with Crippen molar-refractivity contribution in [1.29, 1.82) is 0 Å². The number of rotatable bonds is 1. The summed E-state index contributed by atoms with van der Waals surface area (Å²) in [6, 6.07) is 0. The highest BCUT2D eigenvalue weighted by atomic mass is 32.2. The molecule has 1 rings (SSSR count). The van der Waals surface area contributed by atoms with Gasteiger partial charge in [-0.25, -0.2) is 4.99 Å². The molecule has 1 nitrogen and oxygen atoms in total. The number of aliphatic imine (C=N–C) groups is 1. The van der Waals surface area contributed by atoms with E-state index in [1.54, 1.807) is 11.8 Å². The Bertz CT molecular complexity index is 163. The van der Waals surface area contributed by atoms with Gasteiger partial charge in [-0.3, -0.25) is 0 Å². The molecule has 0 spiro atoms. The highest BCUT2D eigenvalue weighted by molar-refractivity contribution is 8.05. The predicted molar refractivity (Wildman–Crippen MR) is 38.0 cm³/mol. The smallest absolute Gasteiger partial charge is 0.0567 e. The molecule has 0 N–H and O–H groups in total. The van der Waals surface area contributed by atoms with E-state index in [0.29, 0.717) is 0 Å². The molecule has 0 unspecified atom stereocenters. The van der Waals surface area contributed by atoms with Crippen LogP contribution < -0.4 is 0 Å². The second kappa shape index (κ2) is 2.75. The lowest BCUT2D eigenvalue weighted by Crippen LogP contribution is -1.74. The van der Waals surface area contributed by atoms with Crippen LogP contribution in [0.5, 0.6) is 0 Å². The summed E-state index contributed by atoms with van der Waals surface area (Å²) in [7, 11) is 0. The summed E-state index contributed by atoms with van der Waals surface area (Å²) in [6.45, 7) is 2.09. The quantitative estimate of drug-likeness (QED) is 0.523. The minimum atomic E-state index is 1.01. The average molecular weight is 125 g/mol. The molecule has 0 saturated heterocycles. The van der Waals surface area contributed by atoms with E-state index in [0.717, 1.165) is 12.1 Å². The Balaban J connectivity index is 2.68. The number of hydrogen-bond donors (Lipinski definition) is 0. The van der Waals surface area contributed by atoms with Gasteiger partial charge in [-0.1, -0.05) is 18.7 Å². The lowest BCUT2D eigenvalue weighted by atomic mass is 10.4. The maximum atomic E-state index is 3.98. The molecule has 0 fully saturated rings. The van der Waals surface area contributed by atoms with Crippen molar-refractivity contribution in [1.82, 2.24) is 0 Å². The van der Waals surface area contributed by atoms with Gasteiger partial charge in [0.25, 0.3) is 0 Å². The zero-order valence-corrected chi connectivity index (χ0v) is 5.53. The molecule has 0 aliphatic carbocycles. The van der Waals surface area contributed by atoms with E-state index in [-0.39, 0.29) is 0 Å². The Morgan fingerprint density at radius 2 is 2.75 bits per heavy atom. The topological polar surface area (TPSA) is 12.4 Å². The third-order valence-corrected chi connectivity index (χ3v) is 1.54. The Morgan fingerprint density at radius 1 is 1.88 bits per heavy atom. The minimum absolute atomic E-state index is 1.01. The van der Waals surface area contributed by atoms with E-state index in [1.807, 2.05) is 10.8 Å². The minimum Gasteiger partial charge on any atom is -0.210 e. The first-order valence-electron chi connectivity index (χ1n) is 2.56. The Labute approximate surface area is 53.2 Å². The first kappa shape index (κ1) is 5.67. The maximum absolute atomic E-state index is 3.98. The van der Waals surface area contributed by atoms with Gasteiger partial charge in [0, 0.05) is 5.41 Å². The molecule has 0 aromatic carbocycles. The lowest BCUT2D eigenvalue weighted by Gasteiger charge is -1.93. The van der Waals surface area contributed by atoms with E-state index in [2.05, 4.69) is 17.8 Å². The van der Waals surface area contributed by atoms with Crippen LogP contribution in [0.2, 0.25) is 0 Å². The summed E-state index contributed by atoms with van der Waals surface area (Å²) in [5.74, 6) is 2.78. The van der Waals surface area contributed by atoms with Gasteiger partial charge in [0.05, 0.1) is 5.70 Å². The van der Waals surface area contributed by atoms with E-state index in [1.165, 1.54) is 0 Å². The largest absolute Gasteiger partial charge is 0.210 e. The molecule has 8 heavy (non-hydrogen) atoms. The standard InChI is InChI=1S/C6H7NS/c1-2-6-5-8-4-3-7-6/h4-5H,2H2,1H3. The van der Waals surface area contributed by atoms with Crippen LogP contribution in [0.1, 0.15) is 13.3 Å². The van der Waals surface area contributed by atoms with Crippen molar-refractivity contribution in [3.63, 3.8) is 0 Å². The van der Waals surface area contributed by atoms with E-state index < -0.39 is 0 Å². The van der Waals surface area contributed by atoms with E-state index in [4.69, 9.17) is 0 Å². The van der Waals surface area contributed by atoms with Gasteiger partial charge in [0.2, 0.25) is 0 Å². The number of allylic oxidation sites excluding steroid dienone is 1. The molecule has 0 aromatic heterocycles. The zero-order chi connectivity index (χ0) is 5.82. The molecule has 1 aliphatic heterocycles. The molecule has 0 saturated carbocycles. The fourth-order valence-corrected chi connectivity index (χ4v) is 0.999. The normalized spacial score (nSPS) is 16.4. The molecule has 0 aromatic rings. The first-order chi connectivity index (χ1) is 3.93. The van der Waals surface area contributed by atoms with Crippen LogP contribution in [0.4, 0.5) is 0 Å². The van der Waals surface area contributed by atoms with Crippen molar-refractivity contribution in [2.24, 2.45) is 4.99 Å². The van der Waals surface area contributed by atoms with E-state index in [9.17, 15) is 0 Å². The van der Waals surface area contributed by atoms with Gasteiger partial charge in [-0.15, -0.1) is 0 Å². The summed E-state index contributed by atoms with van der Waals surface area (Å²) < 4.78 is 0. The summed E-state index contributed by atoms with van der Waals surface area (Å²) in [4.78, 5) is 3.98. The van der Waals surface area contributed by atoms with Crippen molar-refractivity contribution in [3.05, 3.63) is 16.5 Å². The lowest BCUT2D eigenvalue weighted by molar-refractivity contribution is 1.08. The van der Waals surface area contributed by atoms with Gasteiger partial charge in [-0.05, 0) is 17.7 Å². The third kappa shape index (κ3) is 1.25. The summed E-state index contributed by atoms with van der Waals surface area (Å²) in [6.07, 6.45) is 1.01. The van der Waals surface area contributed by atoms with Crippen molar-refractivity contribution in [2.45, 2.75) is 13.3 Å². The maximum Gasteiger partial charge on any atom is 0.0567 e. The van der Waals surface area contributed by atoms with Gasteiger partial charge < -0.3 is 0 Å². The second-order valence-electron chi connectivity index (χ2n) is 1.46. The molecule has 0 atom stereocenters. The molecule has 42 valence electrons. The predicted octanol–water partition coefficient (Wildman–Crippen LogP) is 2.17. The summed E-state index contributed by atoms with van der Waals surface area (Å²) >= 11 is 1.64. The zero-order valence-electron chi connectivity index (χ0n) is 4.72. The molecular weight excluding hydrogens is 118 g/mol. The number of nitrogens with zero attached hydrogens (tertiary/aromatic N) is 1. The third-order valence-electron chi connectivity index (χ3n) is 0.895. The van der Waals surface area contributed by atoms with Crippen molar-refractivity contribution < 1.29 is 0 Å². The molecule has 0 radical (unpaired) electrons. The van der Waals surface area contributed by atoms with Crippen LogP contribution in [-0.2, 0) is 0 Å². The highest BCUT2D eigenvalue weighted by Gasteiger charge is 1.89. The molecule has 0 bridgehead atoms. The molecule has 2 heteroatoms. The van der Waals surface area contributed by atoms with Crippen molar-refractivity contribution in [3.8, 4) is 0 Å². The highest BCUT2D eigenvalue weighted by Crippen LogP contribution is 2.13. The molecule has 0 amide bonds. The van der Waals surface area contributed by atoms with E-state index >= 15 is 0 Å². The monoisotopic (exact) mass is 125 g/mol. The molecular formula is C6H7NS. The van der Waals surface area contributed by atoms with Gasteiger partial charge >= 0.3 is 0 Å². The molecule has 1 heterocycles. The summed E-state index contributed by atoms with van der Waals surface area (Å²) in [5, 5.41) is 3.88. The van der Waals surface area contributed by atoms with Crippen LogP contribution in [0.3, 0.4) is 0 Å². The first-order valence-corrected chi connectivity index (χ1v) is 3.50. The fourth-order valence-electron chi connectivity index (χ4n) is 0.441. The fraction of sp³-hybridized carbons (Fsp3) is 0.333. The van der Waals surface area contributed by atoms with Crippen LogP contribution in [0, 0.1) is 0 Å². The van der Waals surface area contributed by atoms with Gasteiger partial charge in [0.15, 0.2) is 0 Å². The van der Waals surface area contributed by atoms with Crippen LogP contribution >= 0.6 is 11.8 Å². The Kier molecular flexibility index (Phi) is 1.95. The van der Waals surface area contributed by atoms with Crippen LogP contribution in [-0.4, -0.2) is 5.87 Å². The van der Waals surface area contributed by atoms with Crippen molar-refractivity contribution in [2.75, 3.05) is 0 Å². The summed E-state index contributed by atoms with van der Waals surface area (Å²) in [5.41, 5.74) is 1.12. The van der Waals surface area contributed by atoms with Crippen LogP contribution in [0.25, 0.3) is 0 Å². The number of hydrogen-bond acceptors (Lipinski definition) is 2. The Morgan fingerprint density at radius 3 is 3.12 bits per heavy atom. The van der Waals surface area contributed by atoms with Gasteiger partial charge in [0.1, 0.15) is 0 Å². The number of thioether (sulfide) groups is 1. The average Bonchev–Trinajstić information content (AvgIpc) is 1.90. The van der Waals surface area contributed by atoms with Gasteiger partial charge in [-0.2, -0.15) is 0 Å². The van der Waals surface area contributed by atoms with Crippen molar-refractivity contribution >= 4 is 17.6 Å². The second-order valence-corrected chi connectivity index (χ2v) is 2.20. The Hall–Kier alpha value is -0.460. The molecule has 1 aliphatic rings. The SMILES string of the molecule is CCC1=CSC=C=N1. The van der Waals surface area contributed by atoms with Crippen LogP contribution in [0.15, 0.2) is 21.5 Å².